The Morgan fingerprint density at radius 3 is 1.33 bits per heavy atom. The average Bonchev–Trinajstić information content (AvgIpc) is 3.04. The maximum absolute atomic E-state index is 12.4. The Bertz CT molecular complexity index is 643. The van der Waals surface area contributed by atoms with E-state index in [1.54, 1.807) is 0 Å². The Balaban J connectivity index is 3.68. The number of hydrogen-bond donors (Lipinski definition) is 5. The zero-order valence-corrected chi connectivity index (χ0v) is 29.9. The number of aliphatic hydroxyl groups is 4. The number of amides is 1. The van der Waals surface area contributed by atoms with Gasteiger partial charge in [0.2, 0.25) is 5.91 Å². The number of carbonyl (C=O) groups excluding carboxylic acids is 1. The highest BCUT2D eigenvalue weighted by atomic mass is 16.3. The van der Waals surface area contributed by atoms with Crippen LogP contribution in [0.25, 0.3) is 0 Å². The van der Waals surface area contributed by atoms with Crippen molar-refractivity contribution in [2.75, 3.05) is 6.61 Å². The van der Waals surface area contributed by atoms with E-state index in [0.29, 0.717) is 12.8 Å². The molecule has 1 amide bonds. The number of allylic oxidation sites excluding steroid dienone is 2. The number of nitrogens with one attached hydrogen (secondary N) is 1. The Hall–Kier alpha value is -0.950. The fourth-order valence-corrected chi connectivity index (χ4v) is 6.05. The highest BCUT2D eigenvalue weighted by molar-refractivity contribution is 5.80. The van der Waals surface area contributed by atoms with Crippen LogP contribution in [0.2, 0.25) is 0 Å². The molecule has 6 heteroatoms. The third-order valence-corrected chi connectivity index (χ3v) is 9.23. The van der Waals surface area contributed by atoms with Gasteiger partial charge in [-0.3, -0.25) is 4.79 Å². The van der Waals surface area contributed by atoms with Crippen molar-refractivity contribution in [2.45, 2.75) is 224 Å². The minimum Gasteiger partial charge on any atom is -0.394 e. The molecule has 0 aromatic rings. The van der Waals surface area contributed by atoms with Crippen LogP contribution in [-0.4, -0.2) is 57.3 Å². The van der Waals surface area contributed by atoms with E-state index < -0.39 is 36.9 Å². The predicted molar refractivity (Wildman–Crippen MR) is 191 cm³/mol. The fourth-order valence-electron chi connectivity index (χ4n) is 6.05. The molecular weight excluding hydrogens is 562 g/mol. The molecule has 0 aliphatic heterocycles. The smallest absolute Gasteiger partial charge is 0.249 e. The Labute approximate surface area is 279 Å². The van der Waals surface area contributed by atoms with Gasteiger partial charge in [-0.05, 0) is 38.5 Å². The van der Waals surface area contributed by atoms with E-state index in [9.17, 15) is 25.2 Å². The second-order valence-corrected chi connectivity index (χ2v) is 13.6. The third kappa shape index (κ3) is 29.0. The zero-order chi connectivity index (χ0) is 33.2. The lowest BCUT2D eigenvalue weighted by Crippen LogP contribution is -2.53. The van der Waals surface area contributed by atoms with Crippen molar-refractivity contribution in [1.82, 2.24) is 5.32 Å². The van der Waals surface area contributed by atoms with Crippen LogP contribution < -0.4 is 5.32 Å². The molecule has 6 nitrogen and oxygen atoms in total. The van der Waals surface area contributed by atoms with Crippen LogP contribution in [0.5, 0.6) is 0 Å². The molecule has 0 rings (SSSR count). The molecule has 0 heterocycles. The van der Waals surface area contributed by atoms with Crippen LogP contribution in [0.15, 0.2) is 12.2 Å². The molecule has 0 radical (unpaired) electrons. The molecule has 4 atom stereocenters. The molecule has 268 valence electrons. The molecular formula is C39H77NO5. The SMILES string of the molecule is CCCCC/C=C/CCCC(O)C(O)C(CO)NC(=O)C(O)CCCCCCCCCCCCCCCCCCCCCCC. The van der Waals surface area contributed by atoms with E-state index in [1.165, 1.54) is 135 Å². The number of carbonyl (C=O) groups is 1. The summed E-state index contributed by atoms with van der Waals surface area (Å²) in [6.07, 6.45) is 35.5. The van der Waals surface area contributed by atoms with E-state index in [2.05, 4.69) is 31.3 Å². The van der Waals surface area contributed by atoms with Gasteiger partial charge >= 0.3 is 0 Å². The van der Waals surface area contributed by atoms with Crippen molar-refractivity contribution in [3.8, 4) is 0 Å². The minimum absolute atomic E-state index is 0.367. The molecule has 0 saturated heterocycles. The van der Waals surface area contributed by atoms with Gasteiger partial charge in [-0.25, -0.2) is 0 Å². The average molecular weight is 640 g/mol. The summed E-state index contributed by atoms with van der Waals surface area (Å²) in [5.74, 6) is -0.594. The maximum Gasteiger partial charge on any atom is 0.249 e. The van der Waals surface area contributed by atoms with Crippen molar-refractivity contribution in [3.05, 3.63) is 12.2 Å². The van der Waals surface area contributed by atoms with Crippen molar-refractivity contribution in [3.63, 3.8) is 0 Å². The number of unbranched alkanes of at least 4 members (excludes halogenated alkanes) is 24. The largest absolute Gasteiger partial charge is 0.394 e. The van der Waals surface area contributed by atoms with Gasteiger partial charge in [0.25, 0.3) is 0 Å². The predicted octanol–water partition coefficient (Wildman–Crippen LogP) is 9.46. The van der Waals surface area contributed by atoms with E-state index in [1.807, 2.05) is 0 Å². The summed E-state index contributed by atoms with van der Waals surface area (Å²) in [5, 5.41) is 43.2. The van der Waals surface area contributed by atoms with Crippen LogP contribution in [-0.2, 0) is 4.79 Å². The molecule has 5 N–H and O–H groups in total. The van der Waals surface area contributed by atoms with Crippen LogP contribution in [0.1, 0.15) is 200 Å². The second kappa shape index (κ2) is 34.4. The van der Waals surface area contributed by atoms with Gasteiger partial charge in [-0.1, -0.05) is 174 Å². The number of hydrogen-bond acceptors (Lipinski definition) is 5. The summed E-state index contributed by atoms with van der Waals surface area (Å²) in [6.45, 7) is 3.97. The summed E-state index contributed by atoms with van der Waals surface area (Å²) in [7, 11) is 0. The first-order valence-electron chi connectivity index (χ1n) is 19.6. The lowest BCUT2D eigenvalue weighted by molar-refractivity contribution is -0.132. The summed E-state index contributed by atoms with van der Waals surface area (Å²) >= 11 is 0. The van der Waals surface area contributed by atoms with Crippen molar-refractivity contribution < 1.29 is 25.2 Å². The molecule has 0 fully saturated rings. The van der Waals surface area contributed by atoms with Gasteiger partial charge in [0, 0.05) is 0 Å². The normalized spacial score (nSPS) is 14.5. The zero-order valence-electron chi connectivity index (χ0n) is 29.9. The first-order valence-corrected chi connectivity index (χ1v) is 19.6. The van der Waals surface area contributed by atoms with Gasteiger partial charge in [-0.2, -0.15) is 0 Å². The van der Waals surface area contributed by atoms with Gasteiger partial charge in [-0.15, -0.1) is 0 Å². The van der Waals surface area contributed by atoms with Gasteiger partial charge in [0.15, 0.2) is 0 Å². The standard InChI is InChI=1S/C39H77NO5/c1-3-5-7-9-11-13-14-15-16-17-18-19-20-21-22-23-24-25-27-29-31-33-37(43)39(45)40-35(34-41)38(44)36(42)32-30-28-26-12-10-8-6-4-2/h12,26,35-38,41-44H,3-11,13-25,27-34H2,1-2H3,(H,40,45)/b26-12+. The molecule has 0 spiro atoms. The Morgan fingerprint density at radius 1 is 0.533 bits per heavy atom. The van der Waals surface area contributed by atoms with Crippen molar-refractivity contribution >= 4 is 5.91 Å². The van der Waals surface area contributed by atoms with Crippen LogP contribution >= 0.6 is 0 Å². The minimum atomic E-state index is -1.27. The van der Waals surface area contributed by atoms with Gasteiger partial charge in [0.05, 0.1) is 18.8 Å². The molecule has 0 saturated carbocycles. The van der Waals surface area contributed by atoms with E-state index in [-0.39, 0.29) is 0 Å². The summed E-state index contributed by atoms with van der Waals surface area (Å²) in [6, 6.07) is -0.994. The quantitative estimate of drug-likeness (QED) is 0.0350. The van der Waals surface area contributed by atoms with E-state index in [4.69, 9.17) is 0 Å². The molecule has 0 aliphatic carbocycles. The molecule has 0 aliphatic rings. The topological polar surface area (TPSA) is 110 Å². The molecule has 0 aromatic heterocycles. The second-order valence-electron chi connectivity index (χ2n) is 13.6. The lowest BCUT2D eigenvalue weighted by Gasteiger charge is -2.27. The van der Waals surface area contributed by atoms with E-state index >= 15 is 0 Å². The van der Waals surface area contributed by atoms with Crippen LogP contribution in [0.4, 0.5) is 0 Å². The van der Waals surface area contributed by atoms with E-state index in [0.717, 1.165) is 38.5 Å². The molecule has 0 bridgehead atoms. The summed E-state index contributed by atoms with van der Waals surface area (Å²) < 4.78 is 0. The van der Waals surface area contributed by atoms with Gasteiger partial charge in [0.1, 0.15) is 12.2 Å². The Kier molecular flexibility index (Phi) is 33.7. The highest BCUT2D eigenvalue weighted by Gasteiger charge is 2.28. The molecule has 0 aromatic carbocycles. The van der Waals surface area contributed by atoms with Gasteiger partial charge < -0.3 is 25.7 Å². The Morgan fingerprint density at radius 2 is 0.911 bits per heavy atom. The molecule has 45 heavy (non-hydrogen) atoms. The lowest BCUT2D eigenvalue weighted by atomic mass is 10.00. The maximum atomic E-state index is 12.4. The van der Waals surface area contributed by atoms with Crippen LogP contribution in [0, 0.1) is 0 Å². The summed E-state index contributed by atoms with van der Waals surface area (Å²) in [4.78, 5) is 12.4. The molecule has 4 unspecified atom stereocenters. The first kappa shape index (κ1) is 44.0. The number of rotatable bonds is 35. The fraction of sp³-hybridized carbons (Fsp3) is 0.923. The number of aliphatic hydroxyl groups excluding tert-OH is 4. The third-order valence-electron chi connectivity index (χ3n) is 9.23. The summed E-state index contributed by atoms with van der Waals surface area (Å²) in [5.41, 5.74) is 0. The highest BCUT2D eigenvalue weighted by Crippen LogP contribution is 2.16. The van der Waals surface area contributed by atoms with Crippen molar-refractivity contribution in [2.24, 2.45) is 0 Å². The monoisotopic (exact) mass is 640 g/mol. The van der Waals surface area contributed by atoms with Crippen LogP contribution in [0.3, 0.4) is 0 Å². The first-order chi connectivity index (χ1) is 22.0. The van der Waals surface area contributed by atoms with Crippen molar-refractivity contribution in [1.29, 1.82) is 0 Å².